The van der Waals surface area contributed by atoms with E-state index in [9.17, 15) is 13.2 Å². The molecule has 0 aromatic heterocycles. The van der Waals surface area contributed by atoms with Crippen molar-refractivity contribution in [3.05, 3.63) is 29.8 Å². The van der Waals surface area contributed by atoms with E-state index in [1.807, 2.05) is 24.3 Å². The third kappa shape index (κ3) is 4.71. The maximum absolute atomic E-state index is 11.9. The predicted octanol–water partition coefficient (Wildman–Crippen LogP) is 0.0881. The number of carbonyl (C=O) groups excluding carboxylic acids is 1. The molecule has 0 spiro atoms. The zero-order chi connectivity index (χ0) is 15.3. The van der Waals surface area contributed by atoms with Gasteiger partial charge in [0, 0.05) is 31.1 Å². The van der Waals surface area contributed by atoms with Crippen LogP contribution in [0.4, 0.5) is 0 Å². The summed E-state index contributed by atoms with van der Waals surface area (Å²) in [6.45, 7) is 0.773. The zero-order valence-corrected chi connectivity index (χ0v) is 12.8. The third-order valence-corrected chi connectivity index (χ3v) is 5.14. The summed E-state index contributed by atoms with van der Waals surface area (Å²) in [5.74, 6) is 0.716. The van der Waals surface area contributed by atoms with E-state index < -0.39 is 9.84 Å². The number of nitrogens with one attached hydrogen (secondary N) is 2. The number of benzene rings is 1. The van der Waals surface area contributed by atoms with Crippen LogP contribution < -0.4 is 15.4 Å². The fourth-order valence-electron chi connectivity index (χ4n) is 2.34. The van der Waals surface area contributed by atoms with Crippen molar-refractivity contribution in [2.75, 3.05) is 25.2 Å². The minimum Gasteiger partial charge on any atom is -0.496 e. The molecule has 0 bridgehead atoms. The van der Waals surface area contributed by atoms with E-state index in [0.717, 1.165) is 11.3 Å². The molecule has 0 aliphatic carbocycles. The van der Waals surface area contributed by atoms with Crippen molar-refractivity contribution in [3.8, 4) is 5.75 Å². The van der Waals surface area contributed by atoms with E-state index in [-0.39, 0.29) is 29.9 Å². The molecule has 1 aliphatic rings. The van der Waals surface area contributed by atoms with Crippen LogP contribution in [0.1, 0.15) is 12.0 Å². The fourth-order valence-corrected chi connectivity index (χ4v) is 3.78. The first kappa shape index (κ1) is 15.8. The molecule has 116 valence electrons. The van der Waals surface area contributed by atoms with Crippen molar-refractivity contribution in [3.63, 3.8) is 0 Å². The number of rotatable bonds is 5. The lowest BCUT2D eigenvalue weighted by Gasteiger charge is -2.23. The number of sulfone groups is 1. The maximum atomic E-state index is 11.9. The molecule has 2 N–H and O–H groups in total. The van der Waals surface area contributed by atoms with Crippen LogP contribution in [-0.2, 0) is 21.2 Å². The fraction of sp³-hybridized carbons (Fsp3) is 0.500. The molecule has 1 heterocycles. The molecular weight excluding hydrogens is 292 g/mol. The highest BCUT2D eigenvalue weighted by Crippen LogP contribution is 2.16. The van der Waals surface area contributed by atoms with E-state index in [1.54, 1.807) is 7.11 Å². The topological polar surface area (TPSA) is 84.5 Å². The monoisotopic (exact) mass is 312 g/mol. The molecule has 2 rings (SSSR count). The highest BCUT2D eigenvalue weighted by Gasteiger charge is 2.25. The number of amides is 1. The van der Waals surface area contributed by atoms with Crippen molar-refractivity contribution in [1.82, 2.24) is 10.6 Å². The molecule has 1 aliphatic heterocycles. The molecule has 1 aromatic carbocycles. The van der Waals surface area contributed by atoms with Gasteiger partial charge in [-0.1, -0.05) is 18.2 Å². The van der Waals surface area contributed by atoms with Crippen molar-refractivity contribution in [2.45, 2.75) is 19.0 Å². The van der Waals surface area contributed by atoms with E-state index in [4.69, 9.17) is 4.74 Å². The van der Waals surface area contributed by atoms with E-state index in [0.29, 0.717) is 13.1 Å². The Morgan fingerprint density at radius 2 is 2.19 bits per heavy atom. The summed E-state index contributed by atoms with van der Waals surface area (Å²) < 4.78 is 28.2. The molecule has 6 nitrogen and oxygen atoms in total. The number of para-hydroxylation sites is 1. The predicted molar refractivity (Wildman–Crippen MR) is 79.9 cm³/mol. The minimum atomic E-state index is -3.02. The standard InChI is InChI=1S/C14H20N2O4S/c1-20-13-5-3-2-4-11(13)9-16-14(17)8-12-10-21(18,19)7-6-15-12/h2-5,12,15H,6-10H2,1H3,(H,16,17). The Kier molecular flexibility index (Phi) is 5.19. The smallest absolute Gasteiger partial charge is 0.221 e. The second-order valence-corrected chi connectivity index (χ2v) is 7.29. The first-order valence-electron chi connectivity index (χ1n) is 6.82. The van der Waals surface area contributed by atoms with Crippen molar-refractivity contribution < 1.29 is 17.9 Å². The van der Waals surface area contributed by atoms with Gasteiger partial charge in [0.1, 0.15) is 5.75 Å². The molecule has 1 fully saturated rings. The Labute approximate surface area is 124 Å². The Bertz CT molecular complexity index is 601. The lowest BCUT2D eigenvalue weighted by atomic mass is 10.2. The molecule has 21 heavy (non-hydrogen) atoms. The number of hydrogen-bond acceptors (Lipinski definition) is 5. The van der Waals surface area contributed by atoms with E-state index in [1.165, 1.54) is 0 Å². The highest BCUT2D eigenvalue weighted by molar-refractivity contribution is 7.91. The van der Waals surface area contributed by atoms with Gasteiger partial charge >= 0.3 is 0 Å². The highest BCUT2D eigenvalue weighted by atomic mass is 32.2. The van der Waals surface area contributed by atoms with Gasteiger partial charge in [-0.2, -0.15) is 0 Å². The number of methoxy groups -OCH3 is 1. The van der Waals surface area contributed by atoms with Crippen LogP contribution in [0.15, 0.2) is 24.3 Å². The van der Waals surface area contributed by atoms with E-state index in [2.05, 4.69) is 10.6 Å². The average molecular weight is 312 g/mol. The number of hydrogen-bond donors (Lipinski definition) is 2. The largest absolute Gasteiger partial charge is 0.496 e. The second-order valence-electron chi connectivity index (χ2n) is 5.06. The summed E-state index contributed by atoms with van der Waals surface area (Å²) in [6.07, 6.45) is 0.161. The van der Waals surface area contributed by atoms with Gasteiger partial charge in [-0.15, -0.1) is 0 Å². The molecule has 0 radical (unpaired) electrons. The van der Waals surface area contributed by atoms with Gasteiger partial charge in [-0.05, 0) is 6.07 Å². The Balaban J connectivity index is 1.85. The van der Waals surface area contributed by atoms with Gasteiger partial charge in [0.25, 0.3) is 0 Å². The average Bonchev–Trinajstić information content (AvgIpc) is 2.44. The Morgan fingerprint density at radius 3 is 2.90 bits per heavy atom. The molecule has 1 atom stereocenters. The SMILES string of the molecule is COc1ccccc1CNC(=O)CC1CS(=O)(=O)CCN1. The molecule has 1 amide bonds. The molecule has 1 saturated heterocycles. The summed E-state index contributed by atoms with van der Waals surface area (Å²) in [6, 6.07) is 7.14. The normalized spacial score (nSPS) is 20.7. The van der Waals surface area contributed by atoms with Crippen LogP contribution in [0.5, 0.6) is 5.75 Å². The van der Waals surface area contributed by atoms with Gasteiger partial charge in [0.2, 0.25) is 5.91 Å². The molecule has 0 saturated carbocycles. The number of carbonyl (C=O) groups is 1. The summed E-state index contributed by atoms with van der Waals surface area (Å²) >= 11 is 0. The lowest BCUT2D eigenvalue weighted by Crippen LogP contribution is -2.47. The van der Waals surface area contributed by atoms with Crippen LogP contribution in [0, 0.1) is 0 Å². The molecule has 1 unspecified atom stereocenters. The van der Waals surface area contributed by atoms with Crippen LogP contribution in [0.2, 0.25) is 0 Å². The summed E-state index contributed by atoms with van der Waals surface area (Å²) in [5.41, 5.74) is 0.887. The zero-order valence-electron chi connectivity index (χ0n) is 12.0. The van der Waals surface area contributed by atoms with Crippen LogP contribution in [0.3, 0.4) is 0 Å². The Morgan fingerprint density at radius 1 is 1.43 bits per heavy atom. The molecule has 7 heteroatoms. The molecular formula is C14H20N2O4S. The van der Waals surface area contributed by atoms with Crippen molar-refractivity contribution >= 4 is 15.7 Å². The summed E-state index contributed by atoms with van der Waals surface area (Å²) in [4.78, 5) is 11.9. The van der Waals surface area contributed by atoms with Gasteiger partial charge in [-0.25, -0.2) is 8.42 Å². The lowest BCUT2D eigenvalue weighted by molar-refractivity contribution is -0.121. The van der Waals surface area contributed by atoms with E-state index >= 15 is 0 Å². The minimum absolute atomic E-state index is 0.0229. The first-order valence-corrected chi connectivity index (χ1v) is 8.65. The summed E-state index contributed by atoms with van der Waals surface area (Å²) in [5, 5.41) is 5.86. The third-order valence-electron chi connectivity index (χ3n) is 3.40. The number of ether oxygens (including phenoxy) is 1. The maximum Gasteiger partial charge on any atom is 0.221 e. The van der Waals surface area contributed by atoms with Gasteiger partial charge < -0.3 is 15.4 Å². The van der Waals surface area contributed by atoms with Crippen molar-refractivity contribution in [1.29, 1.82) is 0 Å². The van der Waals surface area contributed by atoms with Crippen molar-refractivity contribution in [2.24, 2.45) is 0 Å². The van der Waals surface area contributed by atoms with Crippen LogP contribution in [0.25, 0.3) is 0 Å². The quantitative estimate of drug-likeness (QED) is 0.805. The Hall–Kier alpha value is -1.60. The summed E-state index contributed by atoms with van der Waals surface area (Å²) in [7, 11) is -1.44. The second kappa shape index (κ2) is 6.91. The van der Waals surface area contributed by atoms with Gasteiger partial charge in [0.15, 0.2) is 9.84 Å². The molecule has 1 aromatic rings. The van der Waals surface area contributed by atoms with Gasteiger partial charge in [-0.3, -0.25) is 4.79 Å². The van der Waals surface area contributed by atoms with Gasteiger partial charge in [0.05, 0.1) is 18.6 Å². The first-order chi connectivity index (χ1) is 10.00. The van der Waals surface area contributed by atoms with Crippen LogP contribution >= 0.6 is 0 Å². The van der Waals surface area contributed by atoms with Crippen LogP contribution in [-0.4, -0.2) is 45.5 Å².